The van der Waals surface area contributed by atoms with Gasteiger partial charge in [0.15, 0.2) is 0 Å². The van der Waals surface area contributed by atoms with Gasteiger partial charge in [0.25, 0.3) is 5.91 Å². The van der Waals surface area contributed by atoms with Gasteiger partial charge in [0.2, 0.25) is 0 Å². The van der Waals surface area contributed by atoms with E-state index in [2.05, 4.69) is 11.8 Å². The molecule has 1 fully saturated rings. The molecule has 158 valence electrons. The van der Waals surface area contributed by atoms with Crippen molar-refractivity contribution in [2.24, 2.45) is 11.0 Å². The highest BCUT2D eigenvalue weighted by molar-refractivity contribution is 6.34. The van der Waals surface area contributed by atoms with E-state index in [-0.39, 0.29) is 11.9 Å². The molecule has 5 nitrogen and oxygen atoms in total. The lowest BCUT2D eigenvalue weighted by Gasteiger charge is -2.31. The van der Waals surface area contributed by atoms with Gasteiger partial charge in [0, 0.05) is 22.6 Å². The molecular weight excluding hydrogens is 398 g/mol. The minimum atomic E-state index is -0.205. The molecule has 2 aliphatic rings. The highest BCUT2D eigenvalue weighted by Gasteiger charge is 2.36. The van der Waals surface area contributed by atoms with Gasteiger partial charge in [-0.05, 0) is 44.0 Å². The first kappa shape index (κ1) is 20.9. The number of amides is 1. The first-order valence-electron chi connectivity index (χ1n) is 10.6. The summed E-state index contributed by atoms with van der Waals surface area (Å²) in [5.41, 5.74) is 2.67. The lowest BCUT2D eigenvalue weighted by atomic mass is 9.97. The van der Waals surface area contributed by atoms with E-state index in [4.69, 9.17) is 21.4 Å². The second kappa shape index (κ2) is 9.19. The number of hydrogen-bond donors (Lipinski definition) is 0. The number of hydrazone groups is 1. The highest BCUT2D eigenvalue weighted by atomic mass is 35.5. The summed E-state index contributed by atoms with van der Waals surface area (Å²) in [6.07, 6.45) is 2.88. The first-order valence-corrected chi connectivity index (χ1v) is 10.9. The third-order valence-electron chi connectivity index (χ3n) is 6.08. The summed E-state index contributed by atoms with van der Waals surface area (Å²) in [5, 5.41) is 7.06. The second-order valence-corrected chi connectivity index (χ2v) is 8.59. The van der Waals surface area contributed by atoms with Crippen LogP contribution in [0.1, 0.15) is 43.4 Å². The summed E-state index contributed by atoms with van der Waals surface area (Å²) in [6.45, 7) is 4.58. The van der Waals surface area contributed by atoms with Crippen molar-refractivity contribution in [3.63, 3.8) is 0 Å². The van der Waals surface area contributed by atoms with Crippen LogP contribution in [-0.2, 0) is 4.79 Å². The fraction of sp³-hybridized carbons (Fsp3) is 0.417. The Bertz CT molecular complexity index is 938. The number of likely N-dealkylation sites (tertiary alicyclic amines) is 1. The maximum Gasteiger partial charge on any atom is 0.257 e. The summed E-state index contributed by atoms with van der Waals surface area (Å²) >= 11 is 6.44. The second-order valence-electron chi connectivity index (χ2n) is 8.19. The Labute approximate surface area is 183 Å². The normalized spacial score (nSPS) is 20.3. The zero-order chi connectivity index (χ0) is 21.1. The van der Waals surface area contributed by atoms with Crippen LogP contribution in [0, 0.1) is 5.92 Å². The molecule has 2 heterocycles. The number of methoxy groups -OCH3 is 1. The molecule has 0 aliphatic carbocycles. The average molecular weight is 426 g/mol. The largest absolute Gasteiger partial charge is 0.496 e. The van der Waals surface area contributed by atoms with E-state index in [9.17, 15) is 4.79 Å². The van der Waals surface area contributed by atoms with Crippen LogP contribution < -0.4 is 4.74 Å². The molecule has 1 amide bonds. The van der Waals surface area contributed by atoms with Crippen molar-refractivity contribution in [3.05, 3.63) is 64.7 Å². The number of carbonyl (C=O) groups excluding carboxylic acids is 1. The molecule has 0 radical (unpaired) electrons. The van der Waals surface area contributed by atoms with Gasteiger partial charge in [-0.1, -0.05) is 54.9 Å². The van der Waals surface area contributed by atoms with Crippen LogP contribution in [0.3, 0.4) is 0 Å². The molecule has 1 atom stereocenters. The van der Waals surface area contributed by atoms with Crippen LogP contribution in [0.25, 0.3) is 0 Å². The maximum absolute atomic E-state index is 13.3. The van der Waals surface area contributed by atoms with E-state index in [1.165, 1.54) is 0 Å². The molecule has 0 N–H and O–H groups in total. The molecule has 0 unspecified atom stereocenters. The standard InChI is InChI=1S/C24H28ClN3O2/c1-17-11-13-27(14-12-17)16-24(29)28-22(19-8-4-6-10-23(19)30-2)15-21(26-28)18-7-3-5-9-20(18)25/h3-10,17,22H,11-16H2,1-2H3/t22-/m1/s1. The van der Waals surface area contributed by atoms with E-state index in [1.54, 1.807) is 12.1 Å². The van der Waals surface area contributed by atoms with Crippen molar-refractivity contribution in [3.8, 4) is 5.75 Å². The molecule has 0 bridgehead atoms. The minimum Gasteiger partial charge on any atom is -0.496 e. The van der Waals surface area contributed by atoms with Gasteiger partial charge < -0.3 is 4.74 Å². The van der Waals surface area contributed by atoms with Crippen molar-refractivity contribution < 1.29 is 9.53 Å². The van der Waals surface area contributed by atoms with Gasteiger partial charge in [0.1, 0.15) is 5.75 Å². The van der Waals surface area contributed by atoms with Gasteiger partial charge in [-0.15, -0.1) is 0 Å². The van der Waals surface area contributed by atoms with Crippen LogP contribution in [-0.4, -0.2) is 48.3 Å². The van der Waals surface area contributed by atoms with E-state index in [0.717, 1.165) is 54.4 Å². The van der Waals surface area contributed by atoms with Crippen LogP contribution >= 0.6 is 11.6 Å². The summed E-state index contributed by atoms with van der Waals surface area (Å²) in [5.74, 6) is 1.51. The van der Waals surface area contributed by atoms with Crippen molar-refractivity contribution in [2.75, 3.05) is 26.7 Å². The van der Waals surface area contributed by atoms with Gasteiger partial charge in [-0.3, -0.25) is 9.69 Å². The Hall–Kier alpha value is -2.37. The van der Waals surface area contributed by atoms with E-state index < -0.39 is 0 Å². The predicted octanol–water partition coefficient (Wildman–Crippen LogP) is 4.76. The summed E-state index contributed by atoms with van der Waals surface area (Å²) in [7, 11) is 1.66. The van der Waals surface area contributed by atoms with Gasteiger partial charge in [-0.2, -0.15) is 5.10 Å². The number of halogens is 1. The lowest BCUT2D eigenvalue weighted by molar-refractivity contribution is -0.134. The number of nitrogens with zero attached hydrogens (tertiary/aromatic N) is 3. The van der Waals surface area contributed by atoms with Gasteiger partial charge in [-0.25, -0.2) is 5.01 Å². The summed E-state index contributed by atoms with van der Waals surface area (Å²) < 4.78 is 5.59. The molecule has 1 saturated heterocycles. The monoisotopic (exact) mass is 425 g/mol. The maximum atomic E-state index is 13.3. The third kappa shape index (κ3) is 4.37. The van der Waals surface area contributed by atoms with E-state index in [0.29, 0.717) is 18.0 Å². The Morgan fingerprint density at radius 2 is 1.83 bits per heavy atom. The van der Waals surface area contributed by atoms with E-state index >= 15 is 0 Å². The highest BCUT2D eigenvalue weighted by Crippen LogP contribution is 2.38. The number of piperidine rings is 1. The fourth-order valence-corrected chi connectivity index (χ4v) is 4.51. The van der Waals surface area contributed by atoms with Crippen LogP contribution in [0.15, 0.2) is 53.6 Å². The van der Waals surface area contributed by atoms with Crippen molar-refractivity contribution in [1.29, 1.82) is 0 Å². The van der Waals surface area contributed by atoms with Crippen LogP contribution in [0.4, 0.5) is 0 Å². The fourth-order valence-electron chi connectivity index (χ4n) is 4.27. The Morgan fingerprint density at radius 1 is 1.13 bits per heavy atom. The quantitative estimate of drug-likeness (QED) is 0.693. The number of para-hydroxylation sites is 1. The number of carbonyl (C=O) groups is 1. The molecule has 0 saturated carbocycles. The molecule has 2 aromatic rings. The van der Waals surface area contributed by atoms with Crippen LogP contribution in [0.2, 0.25) is 5.02 Å². The number of hydrogen-bond acceptors (Lipinski definition) is 4. The molecule has 6 heteroatoms. The number of ether oxygens (including phenoxy) is 1. The molecular formula is C24H28ClN3O2. The Morgan fingerprint density at radius 3 is 2.57 bits per heavy atom. The third-order valence-corrected chi connectivity index (χ3v) is 6.41. The van der Waals surface area contributed by atoms with Crippen molar-refractivity contribution in [1.82, 2.24) is 9.91 Å². The van der Waals surface area contributed by atoms with Gasteiger partial charge in [0.05, 0.1) is 25.4 Å². The SMILES string of the molecule is COc1ccccc1[C@H]1CC(c2ccccc2Cl)=NN1C(=O)CN1CCC(C)CC1. The van der Waals surface area contributed by atoms with Crippen LogP contribution in [0.5, 0.6) is 5.75 Å². The zero-order valence-corrected chi connectivity index (χ0v) is 18.3. The number of rotatable bonds is 5. The Balaban J connectivity index is 1.63. The molecule has 0 aromatic heterocycles. The topological polar surface area (TPSA) is 45.1 Å². The van der Waals surface area contributed by atoms with Gasteiger partial charge >= 0.3 is 0 Å². The zero-order valence-electron chi connectivity index (χ0n) is 17.6. The minimum absolute atomic E-state index is 0.0162. The lowest BCUT2D eigenvalue weighted by Crippen LogP contribution is -2.41. The Kier molecular flexibility index (Phi) is 6.40. The summed E-state index contributed by atoms with van der Waals surface area (Å²) in [6, 6.07) is 15.3. The molecule has 2 aliphatic heterocycles. The van der Waals surface area contributed by atoms with Crippen molar-refractivity contribution in [2.45, 2.75) is 32.2 Å². The molecule has 30 heavy (non-hydrogen) atoms. The molecule has 4 rings (SSSR count). The molecule has 2 aromatic carbocycles. The first-order chi connectivity index (χ1) is 14.6. The van der Waals surface area contributed by atoms with E-state index in [1.807, 2.05) is 48.5 Å². The molecule has 0 spiro atoms. The summed E-state index contributed by atoms with van der Waals surface area (Å²) in [4.78, 5) is 15.6. The average Bonchev–Trinajstić information content (AvgIpc) is 3.21. The predicted molar refractivity (Wildman–Crippen MR) is 120 cm³/mol. The van der Waals surface area contributed by atoms with Crippen molar-refractivity contribution >= 4 is 23.2 Å². The smallest absolute Gasteiger partial charge is 0.257 e. The number of benzene rings is 2.